The van der Waals surface area contributed by atoms with E-state index < -0.39 is 0 Å². The molecule has 0 aromatic heterocycles. The molecule has 0 atom stereocenters. The summed E-state index contributed by atoms with van der Waals surface area (Å²) >= 11 is 0. The number of amides is 4. The highest BCUT2D eigenvalue weighted by molar-refractivity contribution is 5.80. The van der Waals surface area contributed by atoms with E-state index in [1.54, 1.807) is 7.11 Å². The van der Waals surface area contributed by atoms with Gasteiger partial charge in [-0.3, -0.25) is 24.0 Å². The molecular weight excluding hydrogens is 660 g/mol. The molecule has 14 heteroatoms. The number of methoxy groups -OCH3 is 1. The summed E-state index contributed by atoms with van der Waals surface area (Å²) in [5.41, 5.74) is 0. The minimum atomic E-state index is -0.119. The Labute approximate surface area is 309 Å². The zero-order chi connectivity index (χ0) is 39.7. The number of carbonyl (C=O) groups excluding carboxylic acids is 6. The van der Waals surface area contributed by atoms with Gasteiger partial charge in [0.15, 0.2) is 0 Å². The maximum atomic E-state index is 11.5. The number of rotatable bonds is 29. The van der Waals surface area contributed by atoms with Crippen LogP contribution in [0.25, 0.3) is 0 Å². The first-order valence-electron chi connectivity index (χ1n) is 18.7. The van der Waals surface area contributed by atoms with Crippen LogP contribution in [0.3, 0.4) is 0 Å². The normalized spacial score (nSPS) is 10.0. The molecule has 0 aromatic carbocycles. The second-order valence-corrected chi connectivity index (χ2v) is 11.4. The van der Waals surface area contributed by atoms with Gasteiger partial charge >= 0.3 is 0 Å². The summed E-state index contributed by atoms with van der Waals surface area (Å²) in [7, 11) is 1.54. The van der Waals surface area contributed by atoms with Gasteiger partial charge in [0.2, 0.25) is 23.6 Å². The van der Waals surface area contributed by atoms with E-state index in [0.717, 1.165) is 6.42 Å². The van der Waals surface area contributed by atoms with E-state index in [1.165, 1.54) is 6.92 Å². The summed E-state index contributed by atoms with van der Waals surface area (Å²) in [6, 6.07) is 0. The monoisotopic (exact) mass is 735 g/mol. The van der Waals surface area contributed by atoms with Crippen molar-refractivity contribution in [2.24, 2.45) is 5.92 Å². The molecule has 0 aliphatic heterocycles. The van der Waals surface area contributed by atoms with E-state index in [9.17, 15) is 28.8 Å². The predicted molar refractivity (Wildman–Crippen MR) is 201 cm³/mol. The van der Waals surface area contributed by atoms with Crippen LogP contribution in [0, 0.1) is 5.92 Å². The number of Topliss-reactive ketones (excluding diaryl/α,β-unsaturated/α-hetero) is 2. The summed E-state index contributed by atoms with van der Waals surface area (Å²) in [6.45, 7) is 21.6. The van der Waals surface area contributed by atoms with Gasteiger partial charge in [-0.2, -0.15) is 0 Å². The van der Waals surface area contributed by atoms with Gasteiger partial charge in [-0.15, -0.1) is 0 Å². The van der Waals surface area contributed by atoms with Crippen LogP contribution in [0.15, 0.2) is 0 Å². The number of nitrogens with one attached hydrogen (secondary N) is 4. The average molecular weight is 735 g/mol. The van der Waals surface area contributed by atoms with E-state index in [2.05, 4.69) is 21.3 Å². The largest absolute Gasteiger partial charge is 0.384 e. The lowest BCUT2D eigenvalue weighted by molar-refractivity contribution is -0.124. The molecule has 0 unspecified atom stereocenters. The number of carbonyl (C=O) groups is 6. The Bertz CT molecular complexity index is 870. The van der Waals surface area contributed by atoms with Crippen molar-refractivity contribution >= 4 is 35.2 Å². The minimum Gasteiger partial charge on any atom is -0.384 e. The highest BCUT2D eigenvalue weighted by Gasteiger charge is 2.07. The molecule has 0 spiro atoms. The number of hydrogen-bond acceptors (Lipinski definition) is 10. The van der Waals surface area contributed by atoms with Crippen LogP contribution < -0.4 is 21.3 Å². The fourth-order valence-corrected chi connectivity index (χ4v) is 3.50. The average Bonchev–Trinajstić information content (AvgIpc) is 3.10. The van der Waals surface area contributed by atoms with E-state index in [1.807, 2.05) is 55.4 Å². The van der Waals surface area contributed by atoms with Gasteiger partial charge in [0.05, 0.1) is 39.1 Å². The SMILES string of the molecule is CC.CC.CC(=O)CCCNC(=O)CCCC(=O)NCCCOC(C)C.COCCC(=O)NCCOCCC(=O)NCCOCCC(=O)C(C)C. The number of ketones is 2. The quantitative estimate of drug-likeness (QED) is 0.0821. The fourth-order valence-electron chi connectivity index (χ4n) is 3.50. The Hall–Kier alpha value is -2.94. The topological polar surface area (TPSA) is 187 Å². The Kier molecular flexibility index (Phi) is 46.5. The zero-order valence-corrected chi connectivity index (χ0v) is 33.7. The predicted octanol–water partition coefficient (Wildman–Crippen LogP) is 3.92. The molecule has 0 aliphatic rings. The van der Waals surface area contributed by atoms with Crippen LogP contribution in [-0.4, -0.2) is 114 Å². The van der Waals surface area contributed by atoms with Crippen molar-refractivity contribution in [1.29, 1.82) is 0 Å². The molecule has 0 saturated heterocycles. The van der Waals surface area contributed by atoms with Crippen molar-refractivity contribution in [2.45, 2.75) is 126 Å². The first-order valence-corrected chi connectivity index (χ1v) is 18.7. The second-order valence-electron chi connectivity index (χ2n) is 11.4. The third kappa shape index (κ3) is 49.2. The van der Waals surface area contributed by atoms with E-state index >= 15 is 0 Å². The molecule has 51 heavy (non-hydrogen) atoms. The number of hydrogen-bond donors (Lipinski definition) is 4. The van der Waals surface area contributed by atoms with Gasteiger partial charge in [-0.1, -0.05) is 41.5 Å². The first-order chi connectivity index (χ1) is 24.4. The lowest BCUT2D eigenvalue weighted by Gasteiger charge is -2.08. The van der Waals surface area contributed by atoms with Crippen molar-refractivity contribution in [2.75, 3.05) is 72.9 Å². The van der Waals surface area contributed by atoms with Crippen molar-refractivity contribution in [3.05, 3.63) is 0 Å². The van der Waals surface area contributed by atoms with Crippen LogP contribution in [0.1, 0.15) is 120 Å². The molecule has 0 fully saturated rings. The third-order valence-electron chi connectivity index (χ3n) is 6.21. The van der Waals surface area contributed by atoms with Crippen molar-refractivity contribution in [3.8, 4) is 0 Å². The number of ether oxygens (including phenoxy) is 4. The van der Waals surface area contributed by atoms with Crippen molar-refractivity contribution in [3.63, 3.8) is 0 Å². The first kappa shape index (κ1) is 54.8. The second kappa shape index (κ2) is 43.2. The smallest absolute Gasteiger partial charge is 0.222 e. The van der Waals surface area contributed by atoms with E-state index in [4.69, 9.17) is 18.9 Å². The Morgan fingerprint density at radius 1 is 0.490 bits per heavy atom. The highest BCUT2D eigenvalue weighted by atomic mass is 16.5. The van der Waals surface area contributed by atoms with Gasteiger partial charge in [0.25, 0.3) is 0 Å². The summed E-state index contributed by atoms with van der Waals surface area (Å²) in [5, 5.41) is 11.0. The van der Waals surface area contributed by atoms with Gasteiger partial charge in [0, 0.05) is 84.3 Å². The van der Waals surface area contributed by atoms with Crippen LogP contribution in [0.2, 0.25) is 0 Å². The Balaban J connectivity index is -0.000000397. The van der Waals surface area contributed by atoms with Gasteiger partial charge < -0.3 is 45.0 Å². The van der Waals surface area contributed by atoms with Crippen LogP contribution in [0.5, 0.6) is 0 Å². The molecule has 4 amide bonds. The van der Waals surface area contributed by atoms with Gasteiger partial charge in [-0.25, -0.2) is 0 Å². The van der Waals surface area contributed by atoms with Crippen LogP contribution in [-0.2, 0) is 47.7 Å². The fraction of sp³-hybridized carbons (Fsp3) is 0.838. The van der Waals surface area contributed by atoms with E-state index in [0.29, 0.717) is 111 Å². The molecule has 0 heterocycles. The molecule has 0 radical (unpaired) electrons. The Morgan fingerprint density at radius 2 is 0.922 bits per heavy atom. The molecule has 0 rings (SSSR count). The maximum Gasteiger partial charge on any atom is 0.222 e. The van der Waals surface area contributed by atoms with Crippen LogP contribution in [0.4, 0.5) is 0 Å². The molecular formula is C37H74N4O10. The lowest BCUT2D eigenvalue weighted by atomic mass is 10.1. The van der Waals surface area contributed by atoms with Crippen molar-refractivity contribution < 1.29 is 47.7 Å². The molecule has 0 saturated carbocycles. The lowest BCUT2D eigenvalue weighted by Crippen LogP contribution is -2.30. The summed E-state index contributed by atoms with van der Waals surface area (Å²) in [5.74, 6) is 0.0302. The highest BCUT2D eigenvalue weighted by Crippen LogP contribution is 1.99. The van der Waals surface area contributed by atoms with Gasteiger partial charge in [0.1, 0.15) is 11.6 Å². The van der Waals surface area contributed by atoms with E-state index in [-0.39, 0.29) is 53.6 Å². The molecule has 14 nitrogen and oxygen atoms in total. The third-order valence-corrected chi connectivity index (χ3v) is 6.21. The minimum absolute atomic E-state index is 0.0296. The summed E-state index contributed by atoms with van der Waals surface area (Å²) in [4.78, 5) is 67.9. The summed E-state index contributed by atoms with van der Waals surface area (Å²) in [6.07, 6.45) is 4.37. The molecule has 0 bridgehead atoms. The standard InChI is InChI=1S/C17H32N2O6.C16H30N2O4.2C2H6/c1-14(2)15(20)4-10-24-12-7-19-17(22)6-11-25-13-8-18-16(21)5-9-23-3;1-13(2)22-12-6-11-18-16(21)9-4-8-15(20)17-10-5-7-14(3)19;2*1-2/h14H,4-13H2,1-3H3,(H,18,21)(H,19,22);13H,4-12H2,1-3H3,(H,17,20)(H,18,21);2*1-2H3. The molecule has 302 valence electrons. The molecule has 0 aliphatic carbocycles. The molecule has 4 N–H and O–H groups in total. The zero-order valence-electron chi connectivity index (χ0n) is 33.7. The molecule has 0 aromatic rings. The maximum absolute atomic E-state index is 11.5. The Morgan fingerprint density at radius 3 is 1.37 bits per heavy atom. The summed E-state index contributed by atoms with van der Waals surface area (Å²) < 4.78 is 20.7. The van der Waals surface area contributed by atoms with Gasteiger partial charge in [-0.05, 0) is 40.0 Å². The van der Waals surface area contributed by atoms with Crippen molar-refractivity contribution in [1.82, 2.24) is 21.3 Å². The van der Waals surface area contributed by atoms with Crippen LogP contribution >= 0.6 is 0 Å².